The molecule has 0 saturated carbocycles. The Labute approximate surface area is 117 Å². The van der Waals surface area contributed by atoms with Crippen LogP contribution in [0, 0.1) is 0 Å². The van der Waals surface area contributed by atoms with Gasteiger partial charge in [-0.15, -0.1) is 0 Å². The van der Waals surface area contributed by atoms with Gasteiger partial charge in [0, 0.05) is 30.0 Å². The molecular weight excluding hydrogens is 246 g/mol. The van der Waals surface area contributed by atoms with Gasteiger partial charge in [0.25, 0.3) is 0 Å². The van der Waals surface area contributed by atoms with Gasteiger partial charge in [-0.25, -0.2) is 0 Å². The van der Waals surface area contributed by atoms with Gasteiger partial charge in [-0.2, -0.15) is 0 Å². The second-order valence-corrected chi connectivity index (χ2v) is 5.57. The topological polar surface area (TPSA) is 33.1 Å². The maximum Gasteiger partial charge on any atom is 0.0992 e. The molecule has 0 bridgehead atoms. The molecule has 1 aromatic heterocycles. The average molecular weight is 261 g/mol. The van der Waals surface area contributed by atoms with E-state index in [1.54, 1.807) is 0 Å². The fraction of sp³-hybridized carbons (Fsp3) is 0.167. The smallest absolute Gasteiger partial charge is 0.0992 e. The van der Waals surface area contributed by atoms with Crippen molar-refractivity contribution in [2.24, 2.45) is 0 Å². The summed E-state index contributed by atoms with van der Waals surface area (Å²) in [5.74, 6) is 0. The third kappa shape index (κ3) is 1.73. The van der Waals surface area contributed by atoms with E-state index in [2.05, 4.69) is 23.2 Å². The highest BCUT2D eigenvalue weighted by Gasteiger charge is 2.36. The third-order valence-corrected chi connectivity index (χ3v) is 4.21. The third-order valence-electron chi connectivity index (χ3n) is 4.21. The van der Waals surface area contributed by atoms with Crippen LogP contribution >= 0.6 is 0 Å². The molecule has 0 saturated heterocycles. The van der Waals surface area contributed by atoms with Crippen molar-refractivity contribution in [2.45, 2.75) is 18.4 Å². The molecule has 2 nitrogen and oxygen atoms in total. The number of para-hydroxylation sites is 1. The van der Waals surface area contributed by atoms with Crippen molar-refractivity contribution < 1.29 is 5.11 Å². The summed E-state index contributed by atoms with van der Waals surface area (Å²) in [4.78, 5) is 4.47. The van der Waals surface area contributed by atoms with Crippen LogP contribution in [0.4, 0.5) is 0 Å². The Kier molecular flexibility index (Phi) is 2.41. The lowest BCUT2D eigenvalue weighted by molar-refractivity contribution is 0.0480. The minimum atomic E-state index is -0.819. The van der Waals surface area contributed by atoms with E-state index < -0.39 is 5.60 Å². The molecule has 2 heteroatoms. The molecule has 0 atom stereocenters. The molecule has 1 aliphatic rings. The number of aliphatic hydroxyl groups is 1. The van der Waals surface area contributed by atoms with Crippen molar-refractivity contribution in [3.63, 3.8) is 0 Å². The van der Waals surface area contributed by atoms with E-state index >= 15 is 0 Å². The van der Waals surface area contributed by atoms with Gasteiger partial charge >= 0.3 is 0 Å². The van der Waals surface area contributed by atoms with Crippen LogP contribution in [-0.4, -0.2) is 10.1 Å². The van der Waals surface area contributed by atoms with Gasteiger partial charge in [-0.3, -0.25) is 4.98 Å². The summed E-state index contributed by atoms with van der Waals surface area (Å²) in [6.07, 6.45) is 3.15. The number of rotatable bonds is 1. The summed E-state index contributed by atoms with van der Waals surface area (Å²) in [5.41, 5.74) is 3.54. The van der Waals surface area contributed by atoms with Crippen molar-refractivity contribution in [3.05, 3.63) is 77.5 Å². The predicted molar refractivity (Wildman–Crippen MR) is 79.5 cm³/mol. The van der Waals surface area contributed by atoms with E-state index in [4.69, 9.17) is 0 Å². The molecule has 0 amide bonds. The second-order valence-electron chi connectivity index (χ2n) is 5.57. The number of nitrogens with zero attached hydrogens (tertiary/aromatic N) is 1. The average Bonchev–Trinajstić information content (AvgIpc) is 2.84. The van der Waals surface area contributed by atoms with Gasteiger partial charge in [0.05, 0.1) is 11.1 Å². The Morgan fingerprint density at radius 1 is 0.900 bits per heavy atom. The van der Waals surface area contributed by atoms with Crippen LogP contribution in [0.2, 0.25) is 0 Å². The van der Waals surface area contributed by atoms with E-state index in [-0.39, 0.29) is 0 Å². The lowest BCUT2D eigenvalue weighted by atomic mass is 9.91. The molecule has 0 fully saturated rings. The fourth-order valence-corrected chi connectivity index (χ4v) is 3.12. The lowest BCUT2D eigenvalue weighted by Gasteiger charge is -2.22. The van der Waals surface area contributed by atoms with Crippen LogP contribution in [0.5, 0.6) is 0 Å². The molecule has 0 unspecified atom stereocenters. The Morgan fingerprint density at radius 2 is 1.55 bits per heavy atom. The first-order valence-corrected chi connectivity index (χ1v) is 6.89. The number of hydrogen-bond acceptors (Lipinski definition) is 2. The first-order valence-electron chi connectivity index (χ1n) is 6.89. The molecule has 0 aliphatic heterocycles. The van der Waals surface area contributed by atoms with Gasteiger partial charge in [-0.05, 0) is 23.3 Å². The highest BCUT2D eigenvalue weighted by atomic mass is 16.3. The van der Waals surface area contributed by atoms with Gasteiger partial charge in [0.2, 0.25) is 0 Å². The zero-order valence-corrected chi connectivity index (χ0v) is 11.1. The summed E-state index contributed by atoms with van der Waals surface area (Å²) < 4.78 is 0. The first kappa shape index (κ1) is 11.6. The van der Waals surface area contributed by atoms with E-state index in [0.717, 1.165) is 16.5 Å². The molecule has 3 aromatic rings. The summed E-state index contributed by atoms with van der Waals surface area (Å²) in [5, 5.41) is 12.1. The van der Waals surface area contributed by atoms with Crippen LogP contribution in [-0.2, 0) is 18.4 Å². The van der Waals surface area contributed by atoms with Crippen molar-refractivity contribution in [1.29, 1.82) is 0 Å². The van der Waals surface area contributed by atoms with Crippen molar-refractivity contribution in [1.82, 2.24) is 4.98 Å². The number of benzene rings is 2. The number of aromatic nitrogens is 1. The molecule has 20 heavy (non-hydrogen) atoms. The minimum Gasteiger partial charge on any atom is -0.384 e. The maximum atomic E-state index is 11.0. The van der Waals surface area contributed by atoms with E-state index in [0.29, 0.717) is 12.8 Å². The molecule has 1 N–H and O–H groups in total. The van der Waals surface area contributed by atoms with Gasteiger partial charge in [0.1, 0.15) is 0 Å². The number of fused-ring (bicyclic) bond motifs is 2. The summed E-state index contributed by atoms with van der Waals surface area (Å²) in [6, 6.07) is 18.3. The van der Waals surface area contributed by atoms with Crippen LogP contribution in [0.3, 0.4) is 0 Å². The Bertz CT molecular complexity index is 769. The highest BCUT2D eigenvalue weighted by Crippen LogP contribution is 2.37. The van der Waals surface area contributed by atoms with Crippen molar-refractivity contribution in [3.8, 4) is 0 Å². The zero-order valence-electron chi connectivity index (χ0n) is 11.1. The molecular formula is C18H15NO. The molecule has 0 spiro atoms. The molecule has 98 valence electrons. The van der Waals surface area contributed by atoms with Crippen molar-refractivity contribution in [2.75, 3.05) is 0 Å². The van der Waals surface area contributed by atoms with E-state index in [1.807, 2.05) is 42.6 Å². The monoisotopic (exact) mass is 261 g/mol. The Morgan fingerprint density at radius 3 is 2.30 bits per heavy atom. The molecule has 2 aromatic carbocycles. The van der Waals surface area contributed by atoms with E-state index in [9.17, 15) is 5.11 Å². The van der Waals surface area contributed by atoms with Crippen LogP contribution in [0.1, 0.15) is 16.7 Å². The number of pyridine rings is 1. The summed E-state index contributed by atoms with van der Waals surface area (Å²) >= 11 is 0. The second kappa shape index (κ2) is 4.15. The number of hydrogen-bond donors (Lipinski definition) is 1. The standard InChI is InChI=1S/C18H15NO/c20-18(10-14-6-1-2-7-15(14)11-18)16-9-13-5-3-4-8-17(13)19-12-16/h1-9,12,20H,10-11H2. The van der Waals surface area contributed by atoms with Crippen molar-refractivity contribution >= 4 is 10.9 Å². The maximum absolute atomic E-state index is 11.0. The molecule has 0 radical (unpaired) electrons. The zero-order chi connectivity index (χ0) is 13.6. The highest BCUT2D eigenvalue weighted by molar-refractivity contribution is 5.79. The first-order chi connectivity index (χ1) is 9.74. The normalized spacial score (nSPS) is 16.2. The molecule has 1 aliphatic carbocycles. The predicted octanol–water partition coefficient (Wildman–Crippen LogP) is 3.22. The van der Waals surface area contributed by atoms with Crippen LogP contribution < -0.4 is 0 Å². The molecule has 1 heterocycles. The Hall–Kier alpha value is -2.19. The summed E-state index contributed by atoms with van der Waals surface area (Å²) in [7, 11) is 0. The van der Waals surface area contributed by atoms with Gasteiger partial charge in [-0.1, -0.05) is 42.5 Å². The Balaban J connectivity index is 1.80. The quantitative estimate of drug-likeness (QED) is 0.729. The minimum absolute atomic E-state index is 0.670. The van der Waals surface area contributed by atoms with Gasteiger partial charge < -0.3 is 5.11 Å². The fourth-order valence-electron chi connectivity index (χ4n) is 3.12. The molecule has 4 rings (SSSR count). The largest absolute Gasteiger partial charge is 0.384 e. The van der Waals surface area contributed by atoms with Crippen LogP contribution in [0.15, 0.2) is 60.8 Å². The lowest BCUT2D eigenvalue weighted by Crippen LogP contribution is -2.26. The SMILES string of the molecule is OC1(c2cnc3ccccc3c2)Cc2ccccc2C1. The van der Waals surface area contributed by atoms with E-state index in [1.165, 1.54) is 11.1 Å². The van der Waals surface area contributed by atoms with Crippen LogP contribution in [0.25, 0.3) is 10.9 Å². The van der Waals surface area contributed by atoms with Gasteiger partial charge in [0.15, 0.2) is 0 Å². The summed E-state index contributed by atoms with van der Waals surface area (Å²) in [6.45, 7) is 0.